The number of ether oxygens (including phenoxy) is 1. The average molecular weight is 496 g/mol. The van der Waals surface area contributed by atoms with Crippen molar-refractivity contribution in [2.75, 3.05) is 39.4 Å². The fourth-order valence-corrected chi connectivity index (χ4v) is 5.14. The summed E-state index contributed by atoms with van der Waals surface area (Å²) in [6.45, 7) is 18.7. The highest BCUT2D eigenvalue weighted by Crippen LogP contribution is 2.31. The van der Waals surface area contributed by atoms with Gasteiger partial charge in [-0.25, -0.2) is 4.68 Å². The smallest absolute Gasteiger partial charge is 0.252 e. The van der Waals surface area contributed by atoms with Crippen molar-refractivity contribution in [3.05, 3.63) is 51.6 Å². The molecule has 0 spiro atoms. The largest absolute Gasteiger partial charge is 0.379 e. The molecule has 0 amide bonds. The summed E-state index contributed by atoms with van der Waals surface area (Å²) in [4.78, 5) is 21.2. The second-order valence-electron chi connectivity index (χ2n) is 11.2. The molecule has 36 heavy (non-hydrogen) atoms. The summed E-state index contributed by atoms with van der Waals surface area (Å²) in [5.74, 6) is 1.10. The Kier molecular flexibility index (Phi) is 8.22. The highest BCUT2D eigenvalue weighted by atomic mass is 16.5. The average Bonchev–Trinajstić information content (AvgIpc) is 3.31. The van der Waals surface area contributed by atoms with Crippen LogP contribution in [-0.2, 0) is 16.8 Å². The van der Waals surface area contributed by atoms with E-state index in [0.29, 0.717) is 6.54 Å². The molecule has 0 aliphatic carbocycles. The third-order valence-corrected chi connectivity index (χ3v) is 6.98. The van der Waals surface area contributed by atoms with Crippen molar-refractivity contribution < 1.29 is 4.74 Å². The van der Waals surface area contributed by atoms with Gasteiger partial charge in [0.25, 0.3) is 5.56 Å². The number of aromatic amines is 1. The van der Waals surface area contributed by atoms with Crippen LogP contribution in [0, 0.1) is 12.8 Å². The fourth-order valence-electron chi connectivity index (χ4n) is 5.14. The molecule has 4 rings (SSSR count). The van der Waals surface area contributed by atoms with E-state index in [0.717, 1.165) is 73.7 Å². The molecule has 0 saturated carbocycles. The number of rotatable bonds is 9. The Morgan fingerprint density at radius 1 is 1.19 bits per heavy atom. The Morgan fingerprint density at radius 2 is 1.94 bits per heavy atom. The number of para-hydroxylation sites is 1. The van der Waals surface area contributed by atoms with Crippen LogP contribution in [0.5, 0.6) is 0 Å². The van der Waals surface area contributed by atoms with Crippen LogP contribution in [0.15, 0.2) is 29.1 Å². The molecule has 2 aromatic heterocycles. The molecule has 1 aliphatic heterocycles. The molecular weight excluding hydrogens is 454 g/mol. The van der Waals surface area contributed by atoms with Gasteiger partial charge in [0.05, 0.1) is 30.3 Å². The molecule has 1 saturated heterocycles. The van der Waals surface area contributed by atoms with Gasteiger partial charge >= 0.3 is 0 Å². The lowest BCUT2D eigenvalue weighted by Crippen LogP contribution is -2.41. The normalized spacial score (nSPS) is 16.3. The number of fused-ring (bicyclic) bond motifs is 1. The third kappa shape index (κ3) is 6.02. The minimum atomic E-state index is -0.247. The highest BCUT2D eigenvalue weighted by molar-refractivity contribution is 5.81. The number of morpholine rings is 1. The molecule has 1 aliphatic rings. The number of pyridine rings is 1. The second kappa shape index (κ2) is 11.2. The predicted molar refractivity (Wildman–Crippen MR) is 142 cm³/mol. The zero-order chi connectivity index (χ0) is 25.9. The fraction of sp³-hybridized carbons (Fsp3) is 0.630. The first-order valence-electron chi connectivity index (χ1n) is 13.1. The first-order valence-corrected chi connectivity index (χ1v) is 13.1. The van der Waals surface area contributed by atoms with Crippen LogP contribution in [0.2, 0.25) is 0 Å². The second-order valence-corrected chi connectivity index (χ2v) is 11.2. The minimum Gasteiger partial charge on any atom is -0.379 e. The van der Waals surface area contributed by atoms with E-state index < -0.39 is 0 Å². The van der Waals surface area contributed by atoms with Crippen molar-refractivity contribution in [3.8, 4) is 0 Å². The van der Waals surface area contributed by atoms with Crippen LogP contribution in [0.4, 0.5) is 0 Å². The van der Waals surface area contributed by atoms with Gasteiger partial charge in [0.1, 0.15) is 0 Å². The SMILES string of the molecule is Cc1cccc2cc(CN(CCCN3CCOCC3)[C@H](c3nnnn3C(C)(C)C)C(C)C)c(=O)[nH]c12. The Hall–Kier alpha value is -2.62. The van der Waals surface area contributed by atoms with Gasteiger partial charge in [-0.15, -0.1) is 5.10 Å². The van der Waals surface area contributed by atoms with E-state index in [-0.39, 0.29) is 23.1 Å². The van der Waals surface area contributed by atoms with Gasteiger partial charge in [-0.05, 0) is 74.0 Å². The van der Waals surface area contributed by atoms with Crippen molar-refractivity contribution in [2.45, 2.75) is 66.1 Å². The number of tetrazole rings is 1. The lowest BCUT2D eigenvalue weighted by molar-refractivity contribution is 0.0340. The van der Waals surface area contributed by atoms with Gasteiger partial charge in [0.15, 0.2) is 5.82 Å². The van der Waals surface area contributed by atoms with E-state index in [4.69, 9.17) is 4.74 Å². The first-order chi connectivity index (χ1) is 17.1. The summed E-state index contributed by atoms with van der Waals surface area (Å²) in [6.07, 6.45) is 0.991. The van der Waals surface area contributed by atoms with Crippen LogP contribution < -0.4 is 5.56 Å². The van der Waals surface area contributed by atoms with Gasteiger partial charge < -0.3 is 9.72 Å². The number of nitrogens with zero attached hydrogens (tertiary/aromatic N) is 6. The number of aryl methyl sites for hydroxylation is 1. The standard InChI is InChI=1S/C27H41N7O2/c1-19(2)24(25-29-30-31-34(25)27(4,5)6)33(12-8-11-32-13-15-36-16-14-32)18-22-17-21-10-7-9-20(3)23(21)28-26(22)35/h7,9-10,17,19,24H,8,11-16,18H2,1-6H3,(H,28,35)/t24-/m0/s1. The van der Waals surface area contributed by atoms with Gasteiger partial charge in [-0.1, -0.05) is 32.0 Å². The zero-order valence-electron chi connectivity index (χ0n) is 22.6. The quantitative estimate of drug-likeness (QED) is 0.486. The van der Waals surface area contributed by atoms with Gasteiger partial charge in [-0.3, -0.25) is 14.6 Å². The first kappa shape index (κ1) is 26.4. The maximum Gasteiger partial charge on any atom is 0.252 e. The van der Waals surface area contributed by atoms with Gasteiger partial charge in [-0.2, -0.15) is 0 Å². The Balaban J connectivity index is 1.67. The summed E-state index contributed by atoms with van der Waals surface area (Å²) in [5, 5.41) is 13.9. The van der Waals surface area contributed by atoms with Crippen LogP contribution in [-0.4, -0.2) is 74.4 Å². The summed E-state index contributed by atoms with van der Waals surface area (Å²) >= 11 is 0. The van der Waals surface area contributed by atoms with E-state index in [9.17, 15) is 4.79 Å². The number of aromatic nitrogens is 5. The zero-order valence-corrected chi connectivity index (χ0v) is 22.6. The van der Waals surface area contributed by atoms with Crippen LogP contribution in [0.3, 0.4) is 0 Å². The molecule has 3 aromatic rings. The van der Waals surface area contributed by atoms with Crippen molar-refractivity contribution in [3.63, 3.8) is 0 Å². The molecule has 9 nitrogen and oxygen atoms in total. The number of hydrogen-bond acceptors (Lipinski definition) is 7. The molecule has 1 atom stereocenters. The van der Waals surface area contributed by atoms with E-state index in [1.165, 1.54) is 0 Å². The number of H-pyrrole nitrogens is 1. The molecule has 9 heteroatoms. The lowest BCUT2D eigenvalue weighted by Gasteiger charge is -2.36. The lowest BCUT2D eigenvalue weighted by atomic mass is 9.98. The van der Waals surface area contributed by atoms with E-state index in [1.807, 2.05) is 29.8 Å². The van der Waals surface area contributed by atoms with Crippen molar-refractivity contribution in [2.24, 2.45) is 5.92 Å². The van der Waals surface area contributed by atoms with E-state index in [1.54, 1.807) is 0 Å². The summed E-state index contributed by atoms with van der Waals surface area (Å²) < 4.78 is 7.44. The molecule has 0 bridgehead atoms. The molecule has 0 unspecified atom stereocenters. The monoisotopic (exact) mass is 495 g/mol. The molecule has 196 valence electrons. The number of nitrogens with one attached hydrogen (secondary N) is 1. The van der Waals surface area contributed by atoms with Crippen molar-refractivity contribution in [1.29, 1.82) is 0 Å². The molecular formula is C27H41N7O2. The van der Waals surface area contributed by atoms with Crippen LogP contribution in [0.25, 0.3) is 10.9 Å². The molecule has 0 radical (unpaired) electrons. The van der Waals surface area contributed by atoms with Crippen molar-refractivity contribution in [1.82, 2.24) is 35.0 Å². The van der Waals surface area contributed by atoms with Crippen molar-refractivity contribution >= 4 is 10.9 Å². The maximum absolute atomic E-state index is 13.2. The van der Waals surface area contributed by atoms with Crippen LogP contribution in [0.1, 0.15) is 64.0 Å². The number of hydrogen-bond donors (Lipinski definition) is 1. The Bertz CT molecular complexity index is 1200. The van der Waals surface area contributed by atoms with Crippen LogP contribution >= 0.6 is 0 Å². The molecule has 3 heterocycles. The molecule has 1 N–H and O–H groups in total. The maximum atomic E-state index is 13.2. The molecule has 1 fully saturated rings. The Labute approximate surface area is 213 Å². The third-order valence-electron chi connectivity index (χ3n) is 6.98. The summed E-state index contributed by atoms with van der Waals surface area (Å²) in [6, 6.07) is 8.13. The summed E-state index contributed by atoms with van der Waals surface area (Å²) in [5.41, 5.74) is 2.46. The summed E-state index contributed by atoms with van der Waals surface area (Å²) in [7, 11) is 0. The van der Waals surface area contributed by atoms with E-state index in [2.05, 4.69) is 71.0 Å². The highest BCUT2D eigenvalue weighted by Gasteiger charge is 2.32. The number of benzene rings is 1. The van der Waals surface area contributed by atoms with Gasteiger partial charge in [0.2, 0.25) is 0 Å². The molecule has 1 aromatic carbocycles. The minimum absolute atomic E-state index is 0.0310. The van der Waals surface area contributed by atoms with E-state index >= 15 is 0 Å². The Morgan fingerprint density at radius 3 is 2.64 bits per heavy atom. The predicted octanol–water partition coefficient (Wildman–Crippen LogP) is 3.50. The van der Waals surface area contributed by atoms with Gasteiger partial charge in [0, 0.05) is 31.7 Å². The topological polar surface area (TPSA) is 92.2 Å².